The first-order valence-electron chi connectivity index (χ1n) is 6.22. The van der Waals surface area contributed by atoms with E-state index in [0.29, 0.717) is 6.61 Å². The Morgan fingerprint density at radius 3 is 2.60 bits per heavy atom. The van der Waals surface area contributed by atoms with E-state index in [4.69, 9.17) is 5.11 Å². The summed E-state index contributed by atoms with van der Waals surface area (Å²) in [7, 11) is 0. The van der Waals surface area contributed by atoms with Crippen molar-refractivity contribution >= 4 is 15.9 Å². The highest BCUT2D eigenvalue weighted by Crippen LogP contribution is 2.26. The minimum absolute atomic E-state index is 0.303. The average molecular weight is 278 g/mol. The molecule has 1 aliphatic carbocycles. The van der Waals surface area contributed by atoms with Gasteiger partial charge >= 0.3 is 0 Å². The average Bonchev–Trinajstić information content (AvgIpc) is 2.14. The summed E-state index contributed by atoms with van der Waals surface area (Å²) in [4.78, 5) is 2.49. The molecule has 1 fully saturated rings. The van der Waals surface area contributed by atoms with E-state index in [1.807, 2.05) is 0 Å². The van der Waals surface area contributed by atoms with Crippen molar-refractivity contribution in [3.63, 3.8) is 0 Å². The van der Waals surface area contributed by atoms with E-state index in [2.05, 4.69) is 27.8 Å². The van der Waals surface area contributed by atoms with Gasteiger partial charge in [-0.3, -0.25) is 4.90 Å². The molecule has 90 valence electrons. The lowest BCUT2D eigenvalue weighted by Crippen LogP contribution is -2.44. The number of hydrogen-bond donors (Lipinski definition) is 1. The molecule has 3 heteroatoms. The fraction of sp³-hybridized carbons (Fsp3) is 1.00. The molecule has 0 aliphatic heterocycles. The summed E-state index contributed by atoms with van der Waals surface area (Å²) < 4.78 is 0. The largest absolute Gasteiger partial charge is 0.395 e. The third kappa shape index (κ3) is 4.41. The first-order valence-corrected chi connectivity index (χ1v) is 7.34. The van der Waals surface area contributed by atoms with Gasteiger partial charge < -0.3 is 5.11 Å². The van der Waals surface area contributed by atoms with Crippen molar-refractivity contribution in [3.05, 3.63) is 0 Å². The van der Waals surface area contributed by atoms with Crippen molar-refractivity contribution in [2.75, 3.05) is 25.0 Å². The van der Waals surface area contributed by atoms with Gasteiger partial charge in [-0.05, 0) is 25.2 Å². The van der Waals surface area contributed by atoms with Crippen LogP contribution in [0.1, 0.15) is 39.0 Å². The van der Waals surface area contributed by atoms with Gasteiger partial charge in [0.05, 0.1) is 6.61 Å². The Balaban J connectivity index is 2.33. The van der Waals surface area contributed by atoms with E-state index < -0.39 is 0 Å². The van der Waals surface area contributed by atoms with E-state index >= 15 is 0 Å². The SMILES string of the molecule is CCCC(CBr)CN(CCO)C1CCC1. The van der Waals surface area contributed by atoms with Gasteiger partial charge in [0.15, 0.2) is 0 Å². The maximum Gasteiger partial charge on any atom is 0.0558 e. The van der Waals surface area contributed by atoms with Crippen molar-refractivity contribution in [3.8, 4) is 0 Å². The molecule has 0 spiro atoms. The van der Waals surface area contributed by atoms with Crippen molar-refractivity contribution < 1.29 is 5.11 Å². The highest BCUT2D eigenvalue weighted by Gasteiger charge is 2.25. The summed E-state index contributed by atoms with van der Waals surface area (Å²) in [6, 6.07) is 0.760. The summed E-state index contributed by atoms with van der Waals surface area (Å²) in [5.74, 6) is 0.752. The summed E-state index contributed by atoms with van der Waals surface area (Å²) in [6.07, 6.45) is 6.59. The first kappa shape index (κ1) is 13.5. The number of aliphatic hydroxyl groups excluding tert-OH is 1. The molecule has 1 saturated carbocycles. The van der Waals surface area contributed by atoms with Gasteiger partial charge in [-0.1, -0.05) is 35.7 Å². The number of halogens is 1. The van der Waals surface area contributed by atoms with Crippen LogP contribution in [0.15, 0.2) is 0 Å². The number of nitrogens with zero attached hydrogens (tertiary/aromatic N) is 1. The Morgan fingerprint density at radius 2 is 2.20 bits per heavy atom. The highest BCUT2D eigenvalue weighted by molar-refractivity contribution is 9.09. The first-order chi connectivity index (χ1) is 7.31. The number of hydrogen-bond acceptors (Lipinski definition) is 2. The second-order valence-electron chi connectivity index (χ2n) is 4.61. The third-order valence-corrected chi connectivity index (χ3v) is 4.30. The van der Waals surface area contributed by atoms with Gasteiger partial charge in [-0.25, -0.2) is 0 Å². The zero-order chi connectivity index (χ0) is 11.1. The predicted octanol–water partition coefficient (Wildman–Crippen LogP) is 2.64. The Kier molecular flexibility index (Phi) is 6.86. The summed E-state index contributed by atoms with van der Waals surface area (Å²) in [5, 5.41) is 10.2. The van der Waals surface area contributed by atoms with Gasteiger partial charge in [0, 0.05) is 24.5 Å². The second kappa shape index (κ2) is 7.64. The number of alkyl halides is 1. The minimum Gasteiger partial charge on any atom is -0.395 e. The molecule has 1 unspecified atom stereocenters. The van der Waals surface area contributed by atoms with Gasteiger partial charge in [-0.15, -0.1) is 0 Å². The standard InChI is InChI=1S/C12H24BrNO/c1-2-4-11(9-13)10-14(7-8-15)12-5-3-6-12/h11-12,15H,2-10H2,1H3. The second-order valence-corrected chi connectivity index (χ2v) is 5.26. The maximum absolute atomic E-state index is 9.07. The molecule has 1 atom stereocenters. The molecule has 0 saturated heterocycles. The van der Waals surface area contributed by atoms with E-state index in [1.165, 1.54) is 32.1 Å². The van der Waals surface area contributed by atoms with Crippen LogP contribution in [-0.4, -0.2) is 41.1 Å². The van der Waals surface area contributed by atoms with Crippen LogP contribution < -0.4 is 0 Å². The van der Waals surface area contributed by atoms with Gasteiger partial charge in [0.1, 0.15) is 0 Å². The fourth-order valence-electron chi connectivity index (χ4n) is 2.26. The van der Waals surface area contributed by atoms with E-state index in [9.17, 15) is 0 Å². The topological polar surface area (TPSA) is 23.5 Å². The van der Waals surface area contributed by atoms with Gasteiger partial charge in [0.25, 0.3) is 0 Å². The summed E-state index contributed by atoms with van der Waals surface area (Å²) in [6.45, 7) is 4.56. The molecule has 0 aromatic rings. The molecule has 1 N–H and O–H groups in total. The molecular weight excluding hydrogens is 254 g/mol. The lowest BCUT2D eigenvalue weighted by atomic mass is 9.90. The van der Waals surface area contributed by atoms with Gasteiger partial charge in [0.2, 0.25) is 0 Å². The monoisotopic (exact) mass is 277 g/mol. The summed E-state index contributed by atoms with van der Waals surface area (Å²) >= 11 is 3.60. The van der Waals surface area contributed by atoms with E-state index in [0.717, 1.165) is 30.4 Å². The molecule has 0 aromatic carbocycles. The Hall–Kier alpha value is 0.400. The molecule has 0 heterocycles. The molecular formula is C12H24BrNO. The minimum atomic E-state index is 0.303. The van der Waals surface area contributed by atoms with Crippen molar-refractivity contribution in [2.45, 2.75) is 45.1 Å². The maximum atomic E-state index is 9.07. The number of rotatable bonds is 8. The summed E-state index contributed by atoms with van der Waals surface area (Å²) in [5.41, 5.74) is 0. The fourth-order valence-corrected chi connectivity index (χ4v) is 2.79. The molecule has 0 bridgehead atoms. The number of aliphatic hydroxyl groups is 1. The van der Waals surface area contributed by atoms with Crippen LogP contribution in [0, 0.1) is 5.92 Å². The van der Waals surface area contributed by atoms with Gasteiger partial charge in [-0.2, -0.15) is 0 Å². The molecule has 15 heavy (non-hydrogen) atoms. The zero-order valence-electron chi connectivity index (χ0n) is 9.79. The predicted molar refractivity (Wildman–Crippen MR) is 68.5 cm³/mol. The Labute approximate surface area is 102 Å². The van der Waals surface area contributed by atoms with Crippen molar-refractivity contribution in [1.82, 2.24) is 4.90 Å². The lowest BCUT2D eigenvalue weighted by molar-refractivity contribution is 0.0869. The van der Waals surface area contributed by atoms with Crippen LogP contribution >= 0.6 is 15.9 Å². The zero-order valence-corrected chi connectivity index (χ0v) is 11.4. The third-order valence-electron chi connectivity index (χ3n) is 3.39. The van der Waals surface area contributed by atoms with E-state index in [-0.39, 0.29) is 0 Å². The lowest BCUT2D eigenvalue weighted by Gasteiger charge is -2.39. The smallest absolute Gasteiger partial charge is 0.0558 e. The molecule has 2 nitrogen and oxygen atoms in total. The van der Waals surface area contributed by atoms with Crippen LogP contribution in [0.5, 0.6) is 0 Å². The quantitative estimate of drug-likeness (QED) is 0.690. The molecule has 1 aliphatic rings. The normalized spacial score (nSPS) is 19.2. The van der Waals surface area contributed by atoms with Crippen LogP contribution in [-0.2, 0) is 0 Å². The molecule has 1 rings (SSSR count). The van der Waals surface area contributed by atoms with Crippen molar-refractivity contribution in [2.24, 2.45) is 5.92 Å². The van der Waals surface area contributed by atoms with Crippen LogP contribution in [0.3, 0.4) is 0 Å². The highest BCUT2D eigenvalue weighted by atomic mass is 79.9. The van der Waals surface area contributed by atoms with Crippen molar-refractivity contribution in [1.29, 1.82) is 0 Å². The van der Waals surface area contributed by atoms with Crippen LogP contribution in [0.2, 0.25) is 0 Å². The molecule has 0 aromatic heterocycles. The molecule has 0 amide bonds. The molecule has 0 radical (unpaired) electrons. The van der Waals surface area contributed by atoms with Crippen LogP contribution in [0.25, 0.3) is 0 Å². The Morgan fingerprint density at radius 1 is 1.47 bits per heavy atom. The van der Waals surface area contributed by atoms with Crippen LogP contribution in [0.4, 0.5) is 0 Å². The van der Waals surface area contributed by atoms with E-state index in [1.54, 1.807) is 0 Å². The Bertz CT molecular complexity index is 162.